The number of para-hydroxylation sites is 1. The normalized spacial score (nSPS) is 15.8. The second-order valence-corrected chi connectivity index (χ2v) is 5.68. The number of aromatic carboxylic acids is 1. The topological polar surface area (TPSA) is 78.4 Å². The number of nitrogens with one attached hydrogen (secondary N) is 2. The highest BCUT2D eigenvalue weighted by Crippen LogP contribution is 2.51. The molecule has 20 heavy (non-hydrogen) atoms. The van der Waals surface area contributed by atoms with Gasteiger partial charge < -0.3 is 15.7 Å². The fourth-order valence-corrected chi connectivity index (χ4v) is 2.32. The maximum absolute atomic E-state index is 11.9. The Kier molecular flexibility index (Phi) is 3.97. The molecule has 0 spiro atoms. The Morgan fingerprint density at radius 1 is 1.30 bits per heavy atom. The van der Waals surface area contributed by atoms with Crippen molar-refractivity contribution < 1.29 is 14.7 Å². The van der Waals surface area contributed by atoms with E-state index in [0.717, 1.165) is 12.8 Å². The number of carbonyl (C=O) groups excluding carboxylic acids is 1. The molecule has 1 saturated carbocycles. The molecule has 3 N–H and O–H groups in total. The van der Waals surface area contributed by atoms with E-state index in [4.69, 9.17) is 5.11 Å². The second kappa shape index (κ2) is 5.53. The summed E-state index contributed by atoms with van der Waals surface area (Å²) in [4.78, 5) is 22.9. The summed E-state index contributed by atoms with van der Waals surface area (Å²) in [5, 5.41) is 14.5. The summed E-state index contributed by atoms with van der Waals surface area (Å²) < 4.78 is 0. The van der Waals surface area contributed by atoms with Crippen LogP contribution in [0.3, 0.4) is 0 Å². The number of benzene rings is 1. The van der Waals surface area contributed by atoms with Gasteiger partial charge >= 0.3 is 12.0 Å². The first-order valence-electron chi connectivity index (χ1n) is 6.82. The first-order chi connectivity index (χ1) is 9.44. The van der Waals surface area contributed by atoms with Crippen molar-refractivity contribution in [1.29, 1.82) is 0 Å². The van der Waals surface area contributed by atoms with Gasteiger partial charge in [-0.15, -0.1) is 0 Å². The zero-order valence-corrected chi connectivity index (χ0v) is 11.8. The van der Waals surface area contributed by atoms with E-state index in [1.807, 2.05) is 0 Å². The van der Waals surface area contributed by atoms with Crippen molar-refractivity contribution in [2.75, 3.05) is 11.9 Å². The number of rotatable bonds is 5. The lowest BCUT2D eigenvalue weighted by molar-refractivity contribution is 0.0698. The average molecular weight is 276 g/mol. The highest BCUT2D eigenvalue weighted by atomic mass is 16.4. The first-order valence-corrected chi connectivity index (χ1v) is 6.82. The minimum Gasteiger partial charge on any atom is -0.478 e. The van der Waals surface area contributed by atoms with Crippen LogP contribution in [0.2, 0.25) is 0 Å². The van der Waals surface area contributed by atoms with E-state index in [9.17, 15) is 9.59 Å². The molecule has 2 rings (SSSR count). The van der Waals surface area contributed by atoms with Crippen LogP contribution in [0, 0.1) is 11.3 Å². The van der Waals surface area contributed by atoms with E-state index in [2.05, 4.69) is 24.5 Å². The van der Waals surface area contributed by atoms with Crippen molar-refractivity contribution in [3.63, 3.8) is 0 Å². The van der Waals surface area contributed by atoms with E-state index in [1.165, 1.54) is 6.07 Å². The number of carboxylic acid groups (broad SMARTS) is 1. The predicted octanol–water partition coefficient (Wildman–Crippen LogP) is 2.94. The summed E-state index contributed by atoms with van der Waals surface area (Å²) in [5.41, 5.74) is 0.628. The molecule has 0 saturated heterocycles. The van der Waals surface area contributed by atoms with Crippen LogP contribution in [0.5, 0.6) is 0 Å². The third-order valence-electron chi connectivity index (χ3n) is 4.12. The Labute approximate surface area is 118 Å². The average Bonchev–Trinajstić information content (AvgIpc) is 3.18. The van der Waals surface area contributed by atoms with Crippen LogP contribution in [0.4, 0.5) is 10.5 Å². The van der Waals surface area contributed by atoms with Gasteiger partial charge in [-0.25, -0.2) is 9.59 Å². The standard InChI is InChI=1S/C15H20N2O3/c1-10(2)15(7-8-15)9-16-14(20)17-12-6-4-3-5-11(12)13(18)19/h3-6,10H,7-9H2,1-2H3,(H,18,19)(H2,16,17,20). The number of hydrogen-bond acceptors (Lipinski definition) is 2. The smallest absolute Gasteiger partial charge is 0.337 e. The van der Waals surface area contributed by atoms with Crippen LogP contribution < -0.4 is 10.6 Å². The van der Waals surface area contributed by atoms with Crippen molar-refractivity contribution >= 4 is 17.7 Å². The molecule has 5 heteroatoms. The molecule has 0 aromatic heterocycles. The molecular formula is C15H20N2O3. The molecule has 0 aliphatic heterocycles. The Hall–Kier alpha value is -2.04. The molecule has 0 atom stereocenters. The molecule has 1 fully saturated rings. The monoisotopic (exact) mass is 276 g/mol. The summed E-state index contributed by atoms with van der Waals surface area (Å²) in [6.45, 7) is 4.95. The Bertz CT molecular complexity index is 522. The van der Waals surface area contributed by atoms with Crippen LogP contribution in [-0.4, -0.2) is 23.7 Å². The number of carbonyl (C=O) groups is 2. The van der Waals surface area contributed by atoms with Crippen LogP contribution in [0.15, 0.2) is 24.3 Å². The van der Waals surface area contributed by atoms with Gasteiger partial charge in [0, 0.05) is 6.54 Å². The maximum Gasteiger partial charge on any atom is 0.337 e. The minimum absolute atomic E-state index is 0.0904. The van der Waals surface area contributed by atoms with Crippen molar-refractivity contribution in [2.24, 2.45) is 11.3 Å². The van der Waals surface area contributed by atoms with Crippen molar-refractivity contribution in [3.8, 4) is 0 Å². The van der Waals surface area contributed by atoms with Crippen LogP contribution in [0.1, 0.15) is 37.0 Å². The number of carboxylic acids is 1. The van der Waals surface area contributed by atoms with E-state index in [-0.39, 0.29) is 17.0 Å². The summed E-state index contributed by atoms with van der Waals surface area (Å²) in [5.74, 6) is -0.518. The molecule has 1 aromatic carbocycles. The lowest BCUT2D eigenvalue weighted by atomic mass is 9.92. The van der Waals surface area contributed by atoms with Gasteiger partial charge in [-0.05, 0) is 36.3 Å². The highest BCUT2D eigenvalue weighted by molar-refractivity contribution is 5.99. The molecule has 1 aliphatic carbocycles. The lowest BCUT2D eigenvalue weighted by Crippen LogP contribution is -2.35. The molecule has 108 valence electrons. The summed E-state index contributed by atoms with van der Waals surface area (Å²) >= 11 is 0. The largest absolute Gasteiger partial charge is 0.478 e. The highest BCUT2D eigenvalue weighted by Gasteiger charge is 2.45. The van der Waals surface area contributed by atoms with Crippen LogP contribution in [0.25, 0.3) is 0 Å². The molecule has 0 radical (unpaired) electrons. The predicted molar refractivity (Wildman–Crippen MR) is 76.9 cm³/mol. The molecule has 0 bridgehead atoms. The number of urea groups is 1. The summed E-state index contributed by atoms with van der Waals surface area (Å²) in [6, 6.07) is 6.01. The quantitative estimate of drug-likeness (QED) is 0.773. The Morgan fingerprint density at radius 2 is 1.95 bits per heavy atom. The lowest BCUT2D eigenvalue weighted by Gasteiger charge is -2.20. The number of hydrogen-bond donors (Lipinski definition) is 3. The Balaban J connectivity index is 1.94. The molecule has 2 amide bonds. The molecule has 0 heterocycles. The summed E-state index contributed by atoms with van der Waals surface area (Å²) in [7, 11) is 0. The van der Waals surface area contributed by atoms with E-state index < -0.39 is 5.97 Å². The minimum atomic E-state index is -1.05. The van der Waals surface area contributed by atoms with Gasteiger partial charge in [-0.3, -0.25) is 0 Å². The molecule has 0 unspecified atom stereocenters. The van der Waals surface area contributed by atoms with Crippen LogP contribution in [-0.2, 0) is 0 Å². The van der Waals surface area contributed by atoms with E-state index >= 15 is 0 Å². The fraction of sp³-hybridized carbons (Fsp3) is 0.467. The first kappa shape index (κ1) is 14.4. The molecule has 1 aliphatic rings. The Morgan fingerprint density at radius 3 is 2.50 bits per heavy atom. The zero-order chi connectivity index (χ0) is 14.8. The van der Waals surface area contributed by atoms with Crippen molar-refractivity contribution in [2.45, 2.75) is 26.7 Å². The number of amides is 2. The molecular weight excluding hydrogens is 256 g/mol. The van der Waals surface area contributed by atoms with Gasteiger partial charge in [0.15, 0.2) is 0 Å². The van der Waals surface area contributed by atoms with Crippen LogP contribution >= 0.6 is 0 Å². The molecule has 5 nitrogen and oxygen atoms in total. The number of anilines is 1. The van der Waals surface area contributed by atoms with Gasteiger partial charge in [0.25, 0.3) is 0 Å². The van der Waals surface area contributed by atoms with Gasteiger partial charge in [0.1, 0.15) is 0 Å². The summed E-state index contributed by atoms with van der Waals surface area (Å²) in [6.07, 6.45) is 2.27. The van der Waals surface area contributed by atoms with Gasteiger partial charge in [-0.2, -0.15) is 0 Å². The molecule has 1 aromatic rings. The zero-order valence-electron chi connectivity index (χ0n) is 11.8. The second-order valence-electron chi connectivity index (χ2n) is 5.68. The van der Waals surface area contributed by atoms with E-state index in [0.29, 0.717) is 18.2 Å². The van der Waals surface area contributed by atoms with Crippen molar-refractivity contribution in [3.05, 3.63) is 29.8 Å². The van der Waals surface area contributed by atoms with Crippen molar-refractivity contribution in [1.82, 2.24) is 5.32 Å². The van der Waals surface area contributed by atoms with Gasteiger partial charge in [0.2, 0.25) is 0 Å². The van der Waals surface area contributed by atoms with Gasteiger partial charge in [-0.1, -0.05) is 26.0 Å². The van der Waals surface area contributed by atoms with Gasteiger partial charge in [0.05, 0.1) is 11.3 Å². The van der Waals surface area contributed by atoms with E-state index in [1.54, 1.807) is 18.2 Å². The SMILES string of the molecule is CC(C)C1(CNC(=O)Nc2ccccc2C(=O)O)CC1. The third kappa shape index (κ3) is 3.10. The third-order valence-corrected chi connectivity index (χ3v) is 4.12. The fourth-order valence-electron chi connectivity index (χ4n) is 2.32. The maximum atomic E-state index is 11.9.